The zero-order valence-corrected chi connectivity index (χ0v) is 20.5. The molecule has 174 valence electrons. The summed E-state index contributed by atoms with van der Waals surface area (Å²) >= 11 is 0. The Morgan fingerprint density at radius 1 is 0.875 bits per heavy atom. The third kappa shape index (κ3) is 6.19. The maximum atomic E-state index is 10.3. The summed E-state index contributed by atoms with van der Waals surface area (Å²) in [4.78, 5) is 0. The average molecular weight is 437 g/mol. The second-order valence-electron chi connectivity index (χ2n) is 9.78. The van der Waals surface area contributed by atoms with Gasteiger partial charge in [-0.25, -0.2) is 0 Å². The van der Waals surface area contributed by atoms with Crippen LogP contribution in [0.15, 0.2) is 48.6 Å². The lowest BCUT2D eigenvalue weighted by Gasteiger charge is -2.30. The molecule has 2 rings (SSSR count). The molecule has 2 aromatic carbocycles. The van der Waals surface area contributed by atoms with Crippen LogP contribution in [0.3, 0.4) is 0 Å². The first-order chi connectivity index (χ1) is 15.1. The minimum atomic E-state index is -0.490. The van der Waals surface area contributed by atoms with Gasteiger partial charge >= 0.3 is 0 Å². The molecule has 0 heterocycles. The number of benzene rings is 2. The monoisotopic (exact) mass is 436 g/mol. The second kappa shape index (κ2) is 11.1. The van der Waals surface area contributed by atoms with Crippen LogP contribution in [-0.4, -0.2) is 21.4 Å². The number of rotatable bonds is 9. The van der Waals surface area contributed by atoms with Crippen molar-refractivity contribution in [3.05, 3.63) is 81.9 Å². The lowest BCUT2D eigenvalue weighted by atomic mass is 9.74. The lowest BCUT2D eigenvalue weighted by Crippen LogP contribution is -2.23. The highest BCUT2D eigenvalue weighted by Crippen LogP contribution is 2.35. The zero-order valence-electron chi connectivity index (χ0n) is 20.5. The van der Waals surface area contributed by atoms with Crippen molar-refractivity contribution in [1.29, 1.82) is 0 Å². The van der Waals surface area contributed by atoms with Crippen LogP contribution in [0.4, 0.5) is 0 Å². The van der Waals surface area contributed by atoms with Gasteiger partial charge in [0.1, 0.15) is 0 Å². The van der Waals surface area contributed by atoms with Gasteiger partial charge in [0.05, 0.1) is 19.3 Å². The Morgan fingerprint density at radius 2 is 1.53 bits per heavy atom. The van der Waals surface area contributed by atoms with Crippen LogP contribution in [0.1, 0.15) is 80.8 Å². The summed E-state index contributed by atoms with van der Waals surface area (Å²) in [6, 6.07) is 12.4. The molecule has 0 aliphatic carbocycles. The number of hydrogen-bond donors (Lipinski definition) is 3. The highest BCUT2D eigenvalue weighted by Gasteiger charge is 2.26. The summed E-state index contributed by atoms with van der Waals surface area (Å²) < 4.78 is 0. The molecule has 0 aromatic heterocycles. The predicted molar refractivity (Wildman–Crippen MR) is 135 cm³/mol. The molecular weight excluding hydrogens is 396 g/mol. The van der Waals surface area contributed by atoms with Gasteiger partial charge in [0.25, 0.3) is 0 Å². The van der Waals surface area contributed by atoms with E-state index in [0.717, 1.165) is 35.1 Å². The fraction of sp³-hybridized carbons (Fsp3) is 0.448. The fourth-order valence-corrected chi connectivity index (χ4v) is 3.95. The topological polar surface area (TPSA) is 60.7 Å². The number of aliphatic hydroxyl groups excluding tert-OH is 3. The van der Waals surface area contributed by atoms with Crippen LogP contribution in [-0.2, 0) is 18.6 Å². The number of aryl methyl sites for hydroxylation is 1. The van der Waals surface area contributed by atoms with Gasteiger partial charge in [-0.15, -0.1) is 0 Å². The van der Waals surface area contributed by atoms with E-state index in [2.05, 4.69) is 51.1 Å². The molecule has 32 heavy (non-hydrogen) atoms. The van der Waals surface area contributed by atoms with E-state index in [1.807, 2.05) is 51.1 Å². The third-order valence-electron chi connectivity index (χ3n) is 6.62. The van der Waals surface area contributed by atoms with Crippen molar-refractivity contribution in [3.8, 4) is 0 Å². The molecule has 3 nitrogen and oxygen atoms in total. The molecule has 1 atom stereocenters. The van der Waals surface area contributed by atoms with Crippen LogP contribution >= 0.6 is 0 Å². The molecular formula is C29H40O3. The maximum Gasteiger partial charge on any atom is 0.0772 e. The summed E-state index contributed by atoms with van der Waals surface area (Å²) in [5.74, 6) is 0. The highest BCUT2D eigenvalue weighted by atomic mass is 16.3. The minimum Gasteiger partial charge on any atom is -0.392 e. The SMILES string of the molecule is CCC(C=Cc1ccc(CO)c(CO)c1)(CC)c1ccc(C=CC(O)C(C)(C)C)c(C)c1. The van der Waals surface area contributed by atoms with Crippen molar-refractivity contribution in [2.45, 2.75) is 79.1 Å². The molecule has 3 N–H and O–H groups in total. The molecule has 0 aliphatic heterocycles. The van der Waals surface area contributed by atoms with E-state index >= 15 is 0 Å². The Morgan fingerprint density at radius 3 is 2.06 bits per heavy atom. The predicted octanol–water partition coefficient (Wildman–Crippen LogP) is 6.17. The molecule has 2 aromatic rings. The van der Waals surface area contributed by atoms with E-state index in [1.165, 1.54) is 11.1 Å². The summed E-state index contributed by atoms with van der Waals surface area (Å²) in [6.45, 7) is 12.5. The Kier molecular flexibility index (Phi) is 9.03. The third-order valence-corrected chi connectivity index (χ3v) is 6.62. The molecule has 3 heteroatoms. The van der Waals surface area contributed by atoms with Crippen molar-refractivity contribution in [2.75, 3.05) is 0 Å². The van der Waals surface area contributed by atoms with Gasteiger partial charge in [-0.2, -0.15) is 0 Å². The van der Waals surface area contributed by atoms with E-state index in [-0.39, 0.29) is 24.0 Å². The molecule has 0 radical (unpaired) electrons. The normalized spacial score (nSPS) is 13.9. The quantitative estimate of drug-likeness (QED) is 0.440. The number of hydrogen-bond acceptors (Lipinski definition) is 3. The van der Waals surface area contributed by atoms with Gasteiger partial charge in [-0.3, -0.25) is 0 Å². The highest BCUT2D eigenvalue weighted by molar-refractivity contribution is 5.58. The summed E-state index contributed by atoms with van der Waals surface area (Å²) in [5.41, 5.74) is 5.86. The lowest BCUT2D eigenvalue weighted by molar-refractivity contribution is 0.106. The van der Waals surface area contributed by atoms with Gasteiger partial charge < -0.3 is 15.3 Å². The maximum absolute atomic E-state index is 10.3. The van der Waals surface area contributed by atoms with Crippen molar-refractivity contribution < 1.29 is 15.3 Å². The first kappa shape index (κ1) is 26.1. The van der Waals surface area contributed by atoms with Crippen LogP contribution in [0.5, 0.6) is 0 Å². The van der Waals surface area contributed by atoms with Crippen LogP contribution in [0.25, 0.3) is 12.2 Å². The fourth-order valence-electron chi connectivity index (χ4n) is 3.95. The van der Waals surface area contributed by atoms with E-state index in [4.69, 9.17) is 0 Å². The zero-order chi connectivity index (χ0) is 23.9. The molecule has 1 unspecified atom stereocenters. The summed E-state index contributed by atoms with van der Waals surface area (Å²) in [7, 11) is 0. The molecule has 0 spiro atoms. The minimum absolute atomic E-state index is 0.0689. The van der Waals surface area contributed by atoms with Crippen LogP contribution < -0.4 is 0 Å². The van der Waals surface area contributed by atoms with Gasteiger partial charge in [-0.05, 0) is 64.6 Å². The van der Waals surface area contributed by atoms with Crippen molar-refractivity contribution in [2.24, 2.45) is 5.41 Å². The van der Waals surface area contributed by atoms with Crippen LogP contribution in [0.2, 0.25) is 0 Å². The van der Waals surface area contributed by atoms with Crippen molar-refractivity contribution in [1.82, 2.24) is 0 Å². The number of allylic oxidation sites excluding steroid dienone is 1. The average Bonchev–Trinajstić information content (AvgIpc) is 2.78. The molecule has 0 saturated carbocycles. The van der Waals surface area contributed by atoms with Gasteiger partial charge in [0.15, 0.2) is 0 Å². The Bertz CT molecular complexity index is 943. The summed E-state index contributed by atoms with van der Waals surface area (Å²) in [6.07, 6.45) is 9.74. The van der Waals surface area contributed by atoms with Crippen molar-refractivity contribution in [3.63, 3.8) is 0 Å². The summed E-state index contributed by atoms with van der Waals surface area (Å²) in [5, 5.41) is 29.3. The molecule has 0 aliphatic rings. The van der Waals surface area contributed by atoms with E-state index in [9.17, 15) is 15.3 Å². The first-order valence-corrected chi connectivity index (χ1v) is 11.6. The van der Waals surface area contributed by atoms with E-state index < -0.39 is 6.10 Å². The molecule has 0 fully saturated rings. The Hall–Kier alpha value is -2.20. The van der Waals surface area contributed by atoms with E-state index in [1.54, 1.807) is 0 Å². The van der Waals surface area contributed by atoms with Gasteiger partial charge in [-0.1, -0.05) is 89.3 Å². The van der Waals surface area contributed by atoms with Gasteiger partial charge in [0, 0.05) is 5.41 Å². The number of aliphatic hydroxyl groups is 3. The molecule has 0 amide bonds. The first-order valence-electron chi connectivity index (χ1n) is 11.6. The van der Waals surface area contributed by atoms with Gasteiger partial charge in [0.2, 0.25) is 0 Å². The molecule has 0 bridgehead atoms. The van der Waals surface area contributed by atoms with Crippen molar-refractivity contribution >= 4 is 12.2 Å². The molecule has 0 saturated heterocycles. The Labute approximate surface area is 194 Å². The standard InChI is InChI=1S/C29H40O3/c1-7-29(8-2,16-15-22-9-10-24(19-30)25(18-22)20-31)26-13-11-23(21(3)17-26)12-14-27(32)28(4,5)6/h9-18,27,30-32H,7-8,19-20H2,1-6H3. The van der Waals surface area contributed by atoms with E-state index in [0.29, 0.717) is 0 Å². The van der Waals surface area contributed by atoms with Crippen LogP contribution in [0, 0.1) is 12.3 Å². The largest absolute Gasteiger partial charge is 0.392 e. The smallest absolute Gasteiger partial charge is 0.0772 e. The Balaban J connectivity index is 2.36. The second-order valence-corrected chi connectivity index (χ2v) is 9.78.